The zero-order valence-electron chi connectivity index (χ0n) is 14.0. The number of hydrogen-bond donors (Lipinski definition) is 4. The standard InChI is InChI=1S/C17H18FN3O6/c18-12-8-11(9-22)27-15(17(12,25)26)21-7-6-13(20-16(21)24)19-14(23)10-4-2-1-3-5-10/h1-7,11-12,15,22,25-26H,8-9H2,(H,19,20,23,24)/t11-,12-,15+/m0/s1. The van der Waals surface area contributed by atoms with E-state index in [9.17, 15) is 24.2 Å². The minimum Gasteiger partial charge on any atom is -0.394 e. The third kappa shape index (κ3) is 3.88. The number of hydrogen-bond acceptors (Lipinski definition) is 7. The molecule has 1 aromatic heterocycles. The predicted octanol–water partition coefficient (Wildman–Crippen LogP) is -0.206. The highest BCUT2D eigenvalue weighted by molar-refractivity contribution is 6.03. The Labute approximate surface area is 152 Å². The lowest BCUT2D eigenvalue weighted by Gasteiger charge is -2.41. The van der Waals surface area contributed by atoms with Crippen LogP contribution >= 0.6 is 0 Å². The summed E-state index contributed by atoms with van der Waals surface area (Å²) in [6.45, 7) is -0.555. The first kappa shape index (κ1) is 19.1. The minimum atomic E-state index is -2.98. The SMILES string of the molecule is O=C(Nc1ccn([C@@H]2O[C@H](CO)C[C@H](F)C2(O)O)c(=O)n1)c1ccccc1. The van der Waals surface area contributed by atoms with Crippen molar-refractivity contribution in [2.75, 3.05) is 11.9 Å². The van der Waals surface area contributed by atoms with Gasteiger partial charge in [0.25, 0.3) is 5.91 Å². The van der Waals surface area contributed by atoms with Crippen molar-refractivity contribution in [3.8, 4) is 0 Å². The van der Waals surface area contributed by atoms with Gasteiger partial charge in [-0.3, -0.25) is 9.36 Å². The molecule has 2 heterocycles. The zero-order chi connectivity index (χ0) is 19.6. The van der Waals surface area contributed by atoms with Crippen molar-refractivity contribution in [3.63, 3.8) is 0 Å². The summed E-state index contributed by atoms with van der Waals surface area (Å²) in [6.07, 6.45) is -4.31. The van der Waals surface area contributed by atoms with Gasteiger partial charge in [0, 0.05) is 18.2 Å². The van der Waals surface area contributed by atoms with Crippen LogP contribution in [-0.4, -0.2) is 55.4 Å². The molecule has 1 fully saturated rings. The number of rotatable bonds is 4. The Morgan fingerprint density at radius 1 is 1.33 bits per heavy atom. The first-order chi connectivity index (χ1) is 12.8. The molecule has 144 valence electrons. The minimum absolute atomic E-state index is 0.0714. The molecule has 27 heavy (non-hydrogen) atoms. The number of amides is 1. The highest BCUT2D eigenvalue weighted by atomic mass is 19.1. The smallest absolute Gasteiger partial charge is 0.351 e. The van der Waals surface area contributed by atoms with Gasteiger partial charge in [-0.15, -0.1) is 0 Å². The monoisotopic (exact) mass is 379 g/mol. The zero-order valence-corrected chi connectivity index (χ0v) is 14.0. The molecule has 0 bridgehead atoms. The van der Waals surface area contributed by atoms with Gasteiger partial charge >= 0.3 is 5.69 Å². The Kier molecular flexibility index (Phi) is 5.33. The lowest BCUT2D eigenvalue weighted by atomic mass is 9.99. The number of aliphatic hydroxyl groups is 3. The second-order valence-corrected chi connectivity index (χ2v) is 6.10. The fraction of sp³-hybridized carbons (Fsp3) is 0.353. The molecule has 0 saturated carbocycles. The lowest BCUT2D eigenvalue weighted by molar-refractivity contribution is -0.335. The number of carbonyl (C=O) groups is 1. The molecule has 3 rings (SSSR count). The fourth-order valence-electron chi connectivity index (χ4n) is 2.72. The lowest BCUT2D eigenvalue weighted by Crippen LogP contribution is -2.57. The number of ether oxygens (including phenoxy) is 1. The molecule has 2 aromatic rings. The number of anilines is 1. The summed E-state index contributed by atoms with van der Waals surface area (Å²) in [5.74, 6) is -3.54. The van der Waals surface area contributed by atoms with E-state index in [1.807, 2.05) is 0 Å². The van der Waals surface area contributed by atoms with Gasteiger partial charge in [0.1, 0.15) is 5.82 Å². The van der Waals surface area contributed by atoms with Crippen molar-refractivity contribution < 1.29 is 29.2 Å². The van der Waals surface area contributed by atoms with Crippen molar-refractivity contribution in [2.24, 2.45) is 0 Å². The highest BCUT2D eigenvalue weighted by Crippen LogP contribution is 2.35. The van der Waals surface area contributed by atoms with E-state index in [2.05, 4.69) is 10.3 Å². The Bertz CT molecular complexity index is 872. The van der Waals surface area contributed by atoms with Gasteiger partial charge in [-0.05, 0) is 18.2 Å². The summed E-state index contributed by atoms with van der Waals surface area (Å²) in [5, 5.41) is 31.5. The first-order valence-electron chi connectivity index (χ1n) is 8.13. The molecular weight excluding hydrogens is 361 g/mol. The van der Waals surface area contributed by atoms with Crippen LogP contribution in [-0.2, 0) is 4.74 Å². The largest absolute Gasteiger partial charge is 0.394 e. The molecule has 4 N–H and O–H groups in total. The van der Waals surface area contributed by atoms with E-state index >= 15 is 0 Å². The number of carbonyl (C=O) groups excluding carboxylic acids is 1. The molecule has 3 atom stereocenters. The van der Waals surface area contributed by atoms with Crippen molar-refractivity contribution in [1.82, 2.24) is 9.55 Å². The molecule has 1 saturated heterocycles. The summed E-state index contributed by atoms with van der Waals surface area (Å²) < 4.78 is 19.9. The third-order valence-corrected chi connectivity index (χ3v) is 4.18. The molecule has 0 aliphatic carbocycles. The van der Waals surface area contributed by atoms with Crippen LogP contribution in [0, 0.1) is 0 Å². The average molecular weight is 379 g/mol. The Morgan fingerprint density at radius 2 is 2.04 bits per heavy atom. The normalized spacial score (nSPS) is 24.4. The number of alkyl halides is 1. The van der Waals surface area contributed by atoms with Crippen LogP contribution in [0.3, 0.4) is 0 Å². The number of aliphatic hydroxyl groups excluding tert-OH is 1. The Balaban J connectivity index is 1.84. The van der Waals surface area contributed by atoms with Crippen LogP contribution < -0.4 is 11.0 Å². The third-order valence-electron chi connectivity index (χ3n) is 4.18. The number of nitrogens with zero attached hydrogens (tertiary/aromatic N) is 2. The molecule has 0 spiro atoms. The maximum atomic E-state index is 14.0. The van der Waals surface area contributed by atoms with Gasteiger partial charge in [-0.2, -0.15) is 4.98 Å². The average Bonchev–Trinajstić information content (AvgIpc) is 2.65. The van der Waals surface area contributed by atoms with Gasteiger partial charge < -0.3 is 25.4 Å². The van der Waals surface area contributed by atoms with Crippen molar-refractivity contribution >= 4 is 11.7 Å². The number of benzene rings is 1. The Hall–Kier alpha value is -2.66. The van der Waals surface area contributed by atoms with E-state index in [0.717, 1.165) is 6.20 Å². The second-order valence-electron chi connectivity index (χ2n) is 6.10. The predicted molar refractivity (Wildman–Crippen MR) is 90.6 cm³/mol. The summed E-state index contributed by atoms with van der Waals surface area (Å²) in [5.41, 5.74) is -0.640. The van der Waals surface area contributed by atoms with E-state index in [0.29, 0.717) is 10.1 Å². The van der Waals surface area contributed by atoms with Crippen molar-refractivity contribution in [3.05, 3.63) is 58.6 Å². The highest BCUT2D eigenvalue weighted by Gasteiger charge is 2.51. The Morgan fingerprint density at radius 3 is 2.67 bits per heavy atom. The molecule has 1 aromatic carbocycles. The summed E-state index contributed by atoms with van der Waals surface area (Å²) in [6, 6.07) is 9.48. The van der Waals surface area contributed by atoms with Crippen molar-refractivity contribution in [1.29, 1.82) is 0 Å². The molecule has 10 heteroatoms. The van der Waals surface area contributed by atoms with Gasteiger partial charge in [0.2, 0.25) is 5.79 Å². The van der Waals surface area contributed by atoms with Crippen LogP contribution in [0.25, 0.3) is 0 Å². The van der Waals surface area contributed by atoms with Gasteiger partial charge in [-0.25, -0.2) is 9.18 Å². The van der Waals surface area contributed by atoms with E-state index in [1.165, 1.54) is 6.07 Å². The summed E-state index contributed by atoms with van der Waals surface area (Å²) in [7, 11) is 0. The molecule has 9 nitrogen and oxygen atoms in total. The number of halogens is 1. The van der Waals surface area contributed by atoms with Crippen LogP contribution in [0.4, 0.5) is 10.2 Å². The van der Waals surface area contributed by atoms with E-state index < -0.39 is 48.9 Å². The number of aromatic nitrogens is 2. The van der Waals surface area contributed by atoms with E-state index in [-0.39, 0.29) is 5.82 Å². The van der Waals surface area contributed by atoms with Crippen molar-refractivity contribution in [2.45, 2.75) is 30.7 Å². The van der Waals surface area contributed by atoms with Crippen LogP contribution in [0.2, 0.25) is 0 Å². The van der Waals surface area contributed by atoms with Crippen LogP contribution in [0.15, 0.2) is 47.4 Å². The summed E-state index contributed by atoms with van der Waals surface area (Å²) in [4.78, 5) is 28.0. The van der Waals surface area contributed by atoms with Crippen LogP contribution in [0.5, 0.6) is 0 Å². The molecule has 1 aliphatic heterocycles. The van der Waals surface area contributed by atoms with E-state index in [4.69, 9.17) is 9.84 Å². The van der Waals surface area contributed by atoms with E-state index in [1.54, 1.807) is 30.3 Å². The number of nitrogens with one attached hydrogen (secondary N) is 1. The second kappa shape index (κ2) is 7.53. The van der Waals surface area contributed by atoms with Gasteiger partial charge in [0.15, 0.2) is 12.4 Å². The fourth-order valence-corrected chi connectivity index (χ4v) is 2.72. The van der Waals surface area contributed by atoms with Crippen LogP contribution in [0.1, 0.15) is 23.0 Å². The molecule has 0 radical (unpaired) electrons. The topological polar surface area (TPSA) is 134 Å². The maximum absolute atomic E-state index is 14.0. The molecule has 1 aliphatic rings. The molecular formula is C17H18FN3O6. The van der Waals surface area contributed by atoms with Gasteiger partial charge in [-0.1, -0.05) is 18.2 Å². The van der Waals surface area contributed by atoms with Gasteiger partial charge in [0.05, 0.1) is 12.7 Å². The molecule has 0 unspecified atom stereocenters. The molecule has 1 amide bonds. The summed E-state index contributed by atoms with van der Waals surface area (Å²) >= 11 is 0. The quantitative estimate of drug-likeness (QED) is 0.540. The first-order valence-corrected chi connectivity index (χ1v) is 8.13. The maximum Gasteiger partial charge on any atom is 0.351 e.